The molecule has 2 N–H and O–H groups in total. The van der Waals surface area contributed by atoms with Crippen molar-refractivity contribution in [3.63, 3.8) is 0 Å². The standard InChI is InChI=1S/C15H17NO2/c1-12(14-9-5-6-10-15(14)17)16-18-11-13-7-3-2-4-8-13/h2-10,12,16-17H,11H2,1H3. The van der Waals surface area contributed by atoms with Crippen LogP contribution in [0, 0.1) is 0 Å². The van der Waals surface area contributed by atoms with Gasteiger partial charge >= 0.3 is 0 Å². The van der Waals surface area contributed by atoms with E-state index in [4.69, 9.17) is 4.84 Å². The van der Waals surface area contributed by atoms with Gasteiger partial charge in [-0.25, -0.2) is 0 Å². The third-order valence-electron chi connectivity index (χ3n) is 2.75. The molecule has 18 heavy (non-hydrogen) atoms. The van der Waals surface area contributed by atoms with Gasteiger partial charge in [0.2, 0.25) is 0 Å². The highest BCUT2D eigenvalue weighted by Crippen LogP contribution is 2.22. The lowest BCUT2D eigenvalue weighted by molar-refractivity contribution is 0.00654. The smallest absolute Gasteiger partial charge is 0.120 e. The fourth-order valence-corrected chi connectivity index (χ4v) is 1.74. The first-order chi connectivity index (χ1) is 8.77. The van der Waals surface area contributed by atoms with Gasteiger partial charge < -0.3 is 5.11 Å². The van der Waals surface area contributed by atoms with Crippen LogP contribution in [-0.2, 0) is 11.4 Å². The van der Waals surface area contributed by atoms with Crippen molar-refractivity contribution in [1.29, 1.82) is 0 Å². The summed E-state index contributed by atoms with van der Waals surface area (Å²) in [5.41, 5.74) is 4.86. The summed E-state index contributed by atoms with van der Waals surface area (Å²) in [6.07, 6.45) is 0. The number of benzene rings is 2. The molecule has 2 aromatic rings. The number of hydrogen-bond acceptors (Lipinski definition) is 3. The molecule has 0 aliphatic rings. The number of aromatic hydroxyl groups is 1. The lowest BCUT2D eigenvalue weighted by Crippen LogP contribution is -2.19. The lowest BCUT2D eigenvalue weighted by atomic mass is 10.1. The topological polar surface area (TPSA) is 41.5 Å². The first kappa shape index (κ1) is 12.6. The van der Waals surface area contributed by atoms with Gasteiger partial charge in [0.25, 0.3) is 0 Å². The van der Waals surface area contributed by atoms with Crippen LogP contribution in [0.1, 0.15) is 24.1 Å². The minimum absolute atomic E-state index is 0.0603. The number of hydroxylamine groups is 1. The van der Waals surface area contributed by atoms with Gasteiger partial charge in [0, 0.05) is 5.56 Å². The summed E-state index contributed by atoms with van der Waals surface area (Å²) in [5.74, 6) is 0.279. The van der Waals surface area contributed by atoms with E-state index in [1.807, 2.05) is 49.4 Å². The molecule has 2 rings (SSSR count). The molecular weight excluding hydrogens is 226 g/mol. The molecule has 2 aromatic carbocycles. The second kappa shape index (κ2) is 6.19. The maximum absolute atomic E-state index is 9.70. The Morgan fingerprint density at radius 3 is 2.44 bits per heavy atom. The van der Waals surface area contributed by atoms with Crippen LogP contribution in [0.15, 0.2) is 54.6 Å². The third kappa shape index (κ3) is 3.32. The zero-order chi connectivity index (χ0) is 12.8. The Balaban J connectivity index is 1.86. The van der Waals surface area contributed by atoms with Crippen molar-refractivity contribution in [3.8, 4) is 5.75 Å². The molecule has 0 aromatic heterocycles. The van der Waals surface area contributed by atoms with Crippen molar-refractivity contribution in [1.82, 2.24) is 5.48 Å². The van der Waals surface area contributed by atoms with E-state index in [0.717, 1.165) is 11.1 Å². The summed E-state index contributed by atoms with van der Waals surface area (Å²) >= 11 is 0. The van der Waals surface area contributed by atoms with E-state index in [9.17, 15) is 5.11 Å². The molecular formula is C15H17NO2. The molecule has 94 valence electrons. The maximum Gasteiger partial charge on any atom is 0.120 e. The average Bonchev–Trinajstić information content (AvgIpc) is 2.40. The second-order valence-electron chi connectivity index (χ2n) is 4.17. The van der Waals surface area contributed by atoms with Crippen LogP contribution in [0.2, 0.25) is 0 Å². The van der Waals surface area contributed by atoms with Crippen molar-refractivity contribution >= 4 is 0 Å². The summed E-state index contributed by atoms with van der Waals surface area (Å²) < 4.78 is 0. The first-order valence-electron chi connectivity index (χ1n) is 5.96. The fourth-order valence-electron chi connectivity index (χ4n) is 1.74. The van der Waals surface area contributed by atoms with Crippen LogP contribution < -0.4 is 5.48 Å². The molecule has 0 amide bonds. The second-order valence-corrected chi connectivity index (χ2v) is 4.17. The quantitative estimate of drug-likeness (QED) is 0.792. The molecule has 3 heteroatoms. The van der Waals surface area contributed by atoms with Gasteiger partial charge in [-0.3, -0.25) is 4.84 Å². The Morgan fingerprint density at radius 1 is 1.06 bits per heavy atom. The van der Waals surface area contributed by atoms with E-state index in [0.29, 0.717) is 6.61 Å². The molecule has 0 spiro atoms. The van der Waals surface area contributed by atoms with E-state index < -0.39 is 0 Å². The summed E-state index contributed by atoms with van der Waals surface area (Å²) in [4.78, 5) is 5.43. The number of phenolic OH excluding ortho intramolecular Hbond substituents is 1. The molecule has 1 atom stereocenters. The molecule has 0 saturated carbocycles. The fraction of sp³-hybridized carbons (Fsp3) is 0.200. The van der Waals surface area contributed by atoms with Gasteiger partial charge in [-0.05, 0) is 18.6 Å². The Bertz CT molecular complexity index is 485. The van der Waals surface area contributed by atoms with Gasteiger partial charge in [-0.15, -0.1) is 0 Å². The highest BCUT2D eigenvalue weighted by Gasteiger charge is 2.08. The molecule has 0 aliphatic heterocycles. The van der Waals surface area contributed by atoms with Crippen molar-refractivity contribution in [2.45, 2.75) is 19.6 Å². The van der Waals surface area contributed by atoms with Crippen LogP contribution in [0.3, 0.4) is 0 Å². The molecule has 0 bridgehead atoms. The molecule has 0 aliphatic carbocycles. The molecule has 1 unspecified atom stereocenters. The monoisotopic (exact) mass is 243 g/mol. The number of hydrogen-bond donors (Lipinski definition) is 2. The first-order valence-corrected chi connectivity index (χ1v) is 5.96. The predicted octanol–water partition coefficient (Wildman–Crippen LogP) is 3.17. The van der Waals surface area contributed by atoms with E-state index >= 15 is 0 Å². The molecule has 3 nitrogen and oxygen atoms in total. The third-order valence-corrected chi connectivity index (χ3v) is 2.75. The van der Waals surface area contributed by atoms with Crippen molar-refractivity contribution in [2.24, 2.45) is 0 Å². The van der Waals surface area contributed by atoms with Crippen LogP contribution in [-0.4, -0.2) is 5.11 Å². The Hall–Kier alpha value is -1.84. The summed E-state index contributed by atoms with van der Waals surface area (Å²) in [7, 11) is 0. The SMILES string of the molecule is CC(NOCc1ccccc1)c1ccccc1O. The Labute approximate surface area is 107 Å². The summed E-state index contributed by atoms with van der Waals surface area (Å²) in [6, 6.07) is 17.1. The highest BCUT2D eigenvalue weighted by atomic mass is 16.6. The average molecular weight is 243 g/mol. The molecule has 0 heterocycles. The van der Waals surface area contributed by atoms with Crippen molar-refractivity contribution in [3.05, 3.63) is 65.7 Å². The molecule has 0 fully saturated rings. The van der Waals surface area contributed by atoms with Gasteiger partial charge in [-0.2, -0.15) is 5.48 Å². The van der Waals surface area contributed by atoms with Gasteiger partial charge in [0.15, 0.2) is 0 Å². The number of para-hydroxylation sites is 1. The minimum Gasteiger partial charge on any atom is -0.508 e. The summed E-state index contributed by atoms with van der Waals surface area (Å²) in [6.45, 7) is 2.44. The van der Waals surface area contributed by atoms with Crippen molar-refractivity contribution in [2.75, 3.05) is 0 Å². The lowest BCUT2D eigenvalue weighted by Gasteiger charge is -2.15. The number of rotatable bonds is 5. The maximum atomic E-state index is 9.70. The Kier molecular flexibility index (Phi) is 4.34. The summed E-state index contributed by atoms with van der Waals surface area (Å²) in [5, 5.41) is 9.70. The zero-order valence-corrected chi connectivity index (χ0v) is 10.3. The largest absolute Gasteiger partial charge is 0.508 e. The molecule has 0 radical (unpaired) electrons. The van der Waals surface area contributed by atoms with E-state index in [1.54, 1.807) is 12.1 Å². The van der Waals surface area contributed by atoms with Crippen molar-refractivity contribution < 1.29 is 9.94 Å². The van der Waals surface area contributed by atoms with Crippen LogP contribution in [0.4, 0.5) is 0 Å². The zero-order valence-electron chi connectivity index (χ0n) is 10.3. The predicted molar refractivity (Wildman–Crippen MR) is 70.9 cm³/mol. The van der Waals surface area contributed by atoms with Gasteiger partial charge in [0.05, 0.1) is 12.6 Å². The van der Waals surface area contributed by atoms with Gasteiger partial charge in [0.1, 0.15) is 5.75 Å². The van der Waals surface area contributed by atoms with Crippen LogP contribution in [0.25, 0.3) is 0 Å². The molecule has 0 saturated heterocycles. The van der Waals surface area contributed by atoms with Gasteiger partial charge in [-0.1, -0.05) is 48.5 Å². The van der Waals surface area contributed by atoms with E-state index in [2.05, 4.69) is 5.48 Å². The van der Waals surface area contributed by atoms with E-state index in [1.165, 1.54) is 0 Å². The number of phenols is 1. The highest BCUT2D eigenvalue weighted by molar-refractivity contribution is 5.33. The van der Waals surface area contributed by atoms with Crippen LogP contribution >= 0.6 is 0 Å². The Morgan fingerprint density at radius 2 is 1.72 bits per heavy atom. The number of nitrogens with one attached hydrogen (secondary N) is 1. The van der Waals surface area contributed by atoms with Crippen LogP contribution in [0.5, 0.6) is 5.75 Å². The normalized spacial score (nSPS) is 12.3. The minimum atomic E-state index is -0.0603. The van der Waals surface area contributed by atoms with E-state index in [-0.39, 0.29) is 11.8 Å².